The van der Waals surface area contributed by atoms with Crippen LogP contribution in [-0.2, 0) is 10.7 Å². The van der Waals surface area contributed by atoms with Crippen LogP contribution in [0.1, 0.15) is 37.9 Å². The predicted octanol–water partition coefficient (Wildman–Crippen LogP) is 3.36. The highest BCUT2D eigenvalue weighted by Gasteiger charge is 2.50. The number of methoxy groups -OCH3 is 1. The van der Waals surface area contributed by atoms with E-state index in [1.54, 1.807) is 6.92 Å². The molecule has 0 bridgehead atoms. The van der Waals surface area contributed by atoms with Gasteiger partial charge in [0.25, 0.3) is 0 Å². The normalized spacial score (nSPS) is 14.7. The first-order valence-corrected chi connectivity index (χ1v) is 5.62. The van der Waals surface area contributed by atoms with Crippen LogP contribution in [-0.4, -0.2) is 12.7 Å². The number of hydrogen-bond donors (Lipinski definition) is 1. The van der Waals surface area contributed by atoms with E-state index in [4.69, 9.17) is 10.5 Å². The zero-order valence-corrected chi connectivity index (χ0v) is 10.9. The summed E-state index contributed by atoms with van der Waals surface area (Å²) in [6.07, 6.45) is 0. The van der Waals surface area contributed by atoms with Crippen molar-refractivity contribution in [1.82, 2.24) is 0 Å². The van der Waals surface area contributed by atoms with Crippen molar-refractivity contribution in [3.8, 4) is 0 Å². The van der Waals surface area contributed by atoms with Crippen LogP contribution in [0.3, 0.4) is 0 Å². The van der Waals surface area contributed by atoms with Crippen LogP contribution in [0, 0.1) is 5.82 Å². The Morgan fingerprint density at radius 3 is 2.28 bits per heavy atom. The molecular weight excluding hydrogens is 243 g/mol. The first-order chi connectivity index (χ1) is 8.15. The van der Waals surface area contributed by atoms with E-state index in [2.05, 4.69) is 0 Å². The van der Waals surface area contributed by atoms with Crippen LogP contribution in [0.15, 0.2) is 18.2 Å². The summed E-state index contributed by atoms with van der Waals surface area (Å²) >= 11 is 0. The third kappa shape index (κ3) is 2.37. The number of ether oxygens (including phenoxy) is 1. The van der Waals surface area contributed by atoms with Crippen LogP contribution in [0.5, 0.6) is 0 Å². The summed E-state index contributed by atoms with van der Waals surface area (Å²) in [6, 6.07) is 3.18. The quantitative estimate of drug-likeness (QED) is 0.902. The Morgan fingerprint density at radius 1 is 1.28 bits per heavy atom. The third-order valence-electron chi connectivity index (χ3n) is 3.12. The van der Waals surface area contributed by atoms with Gasteiger partial charge in [-0.3, -0.25) is 0 Å². The lowest BCUT2D eigenvalue weighted by atomic mass is 9.90. The number of rotatable bonds is 4. The summed E-state index contributed by atoms with van der Waals surface area (Å²) in [5, 5.41) is 0. The maximum absolute atomic E-state index is 14.2. The fraction of sp³-hybridized carbons (Fsp3) is 0.538. The minimum atomic E-state index is -3.45. The first kappa shape index (κ1) is 15.0. The van der Waals surface area contributed by atoms with Crippen LogP contribution in [0.2, 0.25) is 0 Å². The minimum absolute atomic E-state index is 0.0686. The molecule has 0 aliphatic heterocycles. The van der Waals surface area contributed by atoms with Crippen molar-refractivity contribution in [2.45, 2.75) is 38.3 Å². The third-order valence-corrected chi connectivity index (χ3v) is 3.12. The van der Waals surface area contributed by atoms with E-state index in [1.807, 2.05) is 0 Å². The van der Waals surface area contributed by atoms with Crippen LogP contribution in [0.25, 0.3) is 0 Å². The summed E-state index contributed by atoms with van der Waals surface area (Å²) in [5.41, 5.74) is 3.13. The smallest absolute Gasteiger partial charge is 0.303 e. The molecule has 0 amide bonds. The molecule has 102 valence electrons. The fourth-order valence-electron chi connectivity index (χ4n) is 1.60. The molecule has 0 radical (unpaired) electrons. The predicted molar refractivity (Wildman–Crippen MR) is 64.0 cm³/mol. The van der Waals surface area contributed by atoms with Gasteiger partial charge in [0.2, 0.25) is 0 Å². The van der Waals surface area contributed by atoms with E-state index < -0.39 is 28.9 Å². The lowest BCUT2D eigenvalue weighted by Crippen LogP contribution is -2.43. The lowest BCUT2D eigenvalue weighted by Gasteiger charge is -2.33. The van der Waals surface area contributed by atoms with Gasteiger partial charge in [0, 0.05) is 18.7 Å². The van der Waals surface area contributed by atoms with E-state index in [-0.39, 0.29) is 5.56 Å². The highest BCUT2D eigenvalue weighted by Crippen LogP contribution is 2.42. The van der Waals surface area contributed by atoms with Crippen molar-refractivity contribution in [3.05, 3.63) is 35.1 Å². The zero-order valence-electron chi connectivity index (χ0n) is 10.9. The molecule has 5 heteroatoms. The second-order valence-corrected chi connectivity index (χ2v) is 4.79. The topological polar surface area (TPSA) is 35.2 Å². The van der Waals surface area contributed by atoms with E-state index in [1.165, 1.54) is 33.1 Å². The van der Waals surface area contributed by atoms with Gasteiger partial charge in [-0.2, -0.15) is 8.78 Å². The summed E-state index contributed by atoms with van der Waals surface area (Å²) in [6.45, 7) is 3.97. The average molecular weight is 261 g/mol. The Kier molecular flexibility index (Phi) is 4.08. The van der Waals surface area contributed by atoms with E-state index in [0.29, 0.717) is 0 Å². The molecule has 1 aromatic carbocycles. The van der Waals surface area contributed by atoms with E-state index in [0.717, 1.165) is 6.07 Å². The average Bonchev–Trinajstić information content (AvgIpc) is 2.28. The second kappa shape index (κ2) is 4.90. The summed E-state index contributed by atoms with van der Waals surface area (Å²) in [7, 11) is 1.17. The van der Waals surface area contributed by atoms with E-state index >= 15 is 0 Å². The van der Waals surface area contributed by atoms with Gasteiger partial charge >= 0.3 is 5.92 Å². The molecule has 2 nitrogen and oxygen atoms in total. The van der Waals surface area contributed by atoms with Crippen molar-refractivity contribution >= 4 is 0 Å². The zero-order chi connectivity index (χ0) is 14.1. The van der Waals surface area contributed by atoms with Gasteiger partial charge in [-0.1, -0.05) is 12.1 Å². The number of benzene rings is 1. The monoisotopic (exact) mass is 261 g/mol. The van der Waals surface area contributed by atoms with Crippen LogP contribution in [0.4, 0.5) is 13.2 Å². The number of hydrogen-bond acceptors (Lipinski definition) is 2. The maximum Gasteiger partial charge on any atom is 0.303 e. The molecule has 1 rings (SSSR count). The Bertz CT molecular complexity index is 430. The van der Waals surface area contributed by atoms with Gasteiger partial charge in [0.05, 0.1) is 5.56 Å². The SMILES string of the molecule is COC(C)(C)C(F)(F)c1cccc(C(C)N)c1F. The molecule has 0 spiro atoms. The molecule has 0 aliphatic carbocycles. The molecule has 1 unspecified atom stereocenters. The van der Waals surface area contributed by atoms with Gasteiger partial charge in [-0.15, -0.1) is 0 Å². The van der Waals surface area contributed by atoms with Gasteiger partial charge in [-0.05, 0) is 26.8 Å². The summed E-state index contributed by atoms with van der Waals surface area (Å²) in [5.74, 6) is -4.42. The molecule has 1 aromatic rings. The highest BCUT2D eigenvalue weighted by molar-refractivity contribution is 5.32. The molecule has 18 heavy (non-hydrogen) atoms. The molecule has 2 N–H and O–H groups in total. The minimum Gasteiger partial charge on any atom is -0.372 e. The largest absolute Gasteiger partial charge is 0.372 e. The molecule has 0 fully saturated rings. The number of nitrogens with two attached hydrogens (primary N) is 1. The van der Waals surface area contributed by atoms with Gasteiger partial charge in [0.15, 0.2) is 0 Å². The first-order valence-electron chi connectivity index (χ1n) is 5.62. The molecule has 0 aromatic heterocycles. The van der Waals surface area contributed by atoms with Gasteiger partial charge in [0.1, 0.15) is 11.4 Å². The second-order valence-electron chi connectivity index (χ2n) is 4.79. The number of alkyl halides is 2. The van der Waals surface area contributed by atoms with Crippen molar-refractivity contribution in [2.75, 3.05) is 7.11 Å². The highest BCUT2D eigenvalue weighted by atomic mass is 19.3. The Morgan fingerprint density at radius 2 is 1.83 bits per heavy atom. The standard InChI is InChI=1S/C13H18F3NO/c1-8(17)9-6-5-7-10(11(9)14)13(15,16)12(2,3)18-4/h5-8H,17H2,1-4H3. The Labute approximate surface area is 105 Å². The van der Waals surface area contributed by atoms with Gasteiger partial charge in [-0.25, -0.2) is 4.39 Å². The lowest BCUT2D eigenvalue weighted by molar-refractivity contribution is -0.186. The van der Waals surface area contributed by atoms with Crippen molar-refractivity contribution in [2.24, 2.45) is 5.73 Å². The van der Waals surface area contributed by atoms with Crippen LogP contribution >= 0.6 is 0 Å². The Balaban J connectivity index is 3.38. The van der Waals surface area contributed by atoms with E-state index in [9.17, 15) is 13.2 Å². The molecule has 0 saturated carbocycles. The van der Waals surface area contributed by atoms with Crippen molar-refractivity contribution < 1.29 is 17.9 Å². The van der Waals surface area contributed by atoms with Crippen molar-refractivity contribution in [1.29, 1.82) is 0 Å². The summed E-state index contributed by atoms with van der Waals surface area (Å²) < 4.78 is 47.3. The van der Waals surface area contributed by atoms with Crippen molar-refractivity contribution in [3.63, 3.8) is 0 Å². The van der Waals surface area contributed by atoms with Gasteiger partial charge < -0.3 is 10.5 Å². The molecule has 0 heterocycles. The molecule has 1 atom stereocenters. The molecule has 0 aliphatic rings. The number of halogens is 3. The summed E-state index contributed by atoms with van der Waals surface area (Å²) in [4.78, 5) is 0. The van der Waals surface area contributed by atoms with Crippen LogP contribution < -0.4 is 5.73 Å². The maximum atomic E-state index is 14.2. The Hall–Kier alpha value is -1.07. The molecule has 0 saturated heterocycles. The fourth-order valence-corrected chi connectivity index (χ4v) is 1.60. The molecular formula is C13H18F3NO.